The summed E-state index contributed by atoms with van der Waals surface area (Å²) in [6.45, 7) is 7.40. The number of hydrogen-bond acceptors (Lipinski definition) is 5. The highest BCUT2D eigenvalue weighted by Gasteiger charge is 2.35. The molecule has 7 nitrogen and oxygen atoms in total. The molecule has 3 atom stereocenters. The van der Waals surface area contributed by atoms with Crippen LogP contribution in [-0.4, -0.2) is 71.7 Å². The summed E-state index contributed by atoms with van der Waals surface area (Å²) in [7, 11) is 0. The zero-order chi connectivity index (χ0) is 14.7. The van der Waals surface area contributed by atoms with Crippen LogP contribution in [0.2, 0.25) is 0 Å². The van der Waals surface area contributed by atoms with Gasteiger partial charge >= 0.3 is 0 Å². The fourth-order valence-corrected chi connectivity index (χ4v) is 2.89. The van der Waals surface area contributed by atoms with Crippen LogP contribution in [0, 0.1) is 5.92 Å². The third kappa shape index (κ3) is 3.04. The number of oxime groups is 1. The maximum absolute atomic E-state index is 12.4. The number of piperazine rings is 1. The molecule has 3 unspecified atom stereocenters. The lowest BCUT2D eigenvalue weighted by atomic mass is 10.0. The number of nitrogens with zero attached hydrogens (tertiary/aromatic N) is 3. The summed E-state index contributed by atoms with van der Waals surface area (Å²) in [4.78, 5) is 16.4. The second-order valence-corrected chi connectivity index (χ2v) is 5.53. The largest absolute Gasteiger partial charge is 0.409 e. The normalized spacial score (nSPS) is 30.5. The number of hydrogen-bond donors (Lipinski definition) is 2. The van der Waals surface area contributed by atoms with Crippen LogP contribution in [0.5, 0.6) is 0 Å². The van der Waals surface area contributed by atoms with E-state index in [-0.39, 0.29) is 29.8 Å². The molecule has 2 heterocycles. The molecule has 2 aliphatic heterocycles. The summed E-state index contributed by atoms with van der Waals surface area (Å²) in [5, 5.41) is 11.8. The van der Waals surface area contributed by atoms with Gasteiger partial charge in [0, 0.05) is 32.8 Å². The Balaban J connectivity index is 1.86. The lowest BCUT2D eigenvalue weighted by Gasteiger charge is -2.38. The Hall–Kier alpha value is -1.34. The number of ether oxygens (including phenoxy) is 1. The molecule has 0 aliphatic carbocycles. The van der Waals surface area contributed by atoms with Crippen molar-refractivity contribution in [1.82, 2.24) is 9.80 Å². The van der Waals surface area contributed by atoms with E-state index in [2.05, 4.69) is 10.1 Å². The zero-order valence-electron chi connectivity index (χ0n) is 12.2. The Bertz CT molecular complexity index is 380. The predicted molar refractivity (Wildman–Crippen MR) is 74.5 cm³/mol. The molecule has 1 amide bonds. The number of rotatable bonds is 3. The van der Waals surface area contributed by atoms with Gasteiger partial charge in [0.2, 0.25) is 5.91 Å². The Morgan fingerprint density at radius 1 is 1.40 bits per heavy atom. The van der Waals surface area contributed by atoms with Crippen molar-refractivity contribution in [3.05, 3.63) is 0 Å². The fraction of sp³-hybridized carbons (Fsp3) is 0.846. The van der Waals surface area contributed by atoms with Crippen molar-refractivity contribution in [2.45, 2.75) is 32.4 Å². The molecule has 3 N–H and O–H groups in total. The minimum Gasteiger partial charge on any atom is -0.409 e. The van der Waals surface area contributed by atoms with Gasteiger partial charge in [0.25, 0.3) is 0 Å². The number of carbonyl (C=O) groups excluding carboxylic acids is 1. The monoisotopic (exact) mass is 284 g/mol. The molecule has 20 heavy (non-hydrogen) atoms. The lowest BCUT2D eigenvalue weighted by Crippen LogP contribution is -2.55. The van der Waals surface area contributed by atoms with Gasteiger partial charge in [-0.2, -0.15) is 0 Å². The van der Waals surface area contributed by atoms with Crippen LogP contribution >= 0.6 is 0 Å². The summed E-state index contributed by atoms with van der Waals surface area (Å²) in [6.07, 6.45) is 0.845. The first-order chi connectivity index (χ1) is 9.54. The zero-order valence-corrected chi connectivity index (χ0v) is 12.2. The van der Waals surface area contributed by atoms with E-state index in [9.17, 15) is 4.79 Å². The average molecular weight is 284 g/mol. The van der Waals surface area contributed by atoms with E-state index in [0.29, 0.717) is 19.7 Å². The van der Waals surface area contributed by atoms with Gasteiger partial charge in [-0.3, -0.25) is 9.69 Å². The standard InChI is InChI=1S/C13H24N4O3/c1-9(12(14)15-19)16-4-6-17(7-5-16)13(18)11-3-8-20-10(11)2/h9-11,19H,3-8H2,1-2H3,(H2,14,15). The molecule has 2 aliphatic rings. The molecule has 7 heteroatoms. The topological polar surface area (TPSA) is 91.4 Å². The minimum absolute atomic E-state index is 0.00282. The fourth-order valence-electron chi connectivity index (χ4n) is 2.89. The second-order valence-electron chi connectivity index (χ2n) is 5.53. The number of carbonyl (C=O) groups is 1. The van der Waals surface area contributed by atoms with E-state index in [1.165, 1.54) is 0 Å². The summed E-state index contributed by atoms with van der Waals surface area (Å²) in [6, 6.07) is -0.106. The highest BCUT2D eigenvalue weighted by Crippen LogP contribution is 2.23. The maximum atomic E-state index is 12.4. The van der Waals surface area contributed by atoms with E-state index in [0.717, 1.165) is 19.5 Å². The van der Waals surface area contributed by atoms with Crippen molar-refractivity contribution < 1.29 is 14.7 Å². The highest BCUT2D eigenvalue weighted by atomic mass is 16.5. The quantitative estimate of drug-likeness (QED) is 0.321. The number of amides is 1. The Labute approximate surface area is 119 Å². The number of nitrogens with two attached hydrogens (primary N) is 1. The van der Waals surface area contributed by atoms with Crippen LogP contribution in [0.4, 0.5) is 0 Å². The Morgan fingerprint density at radius 2 is 2.05 bits per heavy atom. The third-order valence-electron chi connectivity index (χ3n) is 4.41. The van der Waals surface area contributed by atoms with Gasteiger partial charge in [-0.05, 0) is 20.3 Å². The second kappa shape index (κ2) is 6.41. The molecule has 0 radical (unpaired) electrons. The van der Waals surface area contributed by atoms with Crippen molar-refractivity contribution in [1.29, 1.82) is 0 Å². The summed E-state index contributed by atoms with van der Waals surface area (Å²) in [5.74, 6) is 0.414. The Morgan fingerprint density at radius 3 is 2.55 bits per heavy atom. The van der Waals surface area contributed by atoms with Crippen LogP contribution in [-0.2, 0) is 9.53 Å². The van der Waals surface area contributed by atoms with E-state index in [1.807, 2.05) is 18.7 Å². The maximum Gasteiger partial charge on any atom is 0.228 e. The van der Waals surface area contributed by atoms with Crippen molar-refractivity contribution in [2.75, 3.05) is 32.8 Å². The van der Waals surface area contributed by atoms with Gasteiger partial charge < -0.3 is 20.6 Å². The van der Waals surface area contributed by atoms with E-state index >= 15 is 0 Å². The van der Waals surface area contributed by atoms with Crippen LogP contribution in [0.25, 0.3) is 0 Å². The van der Waals surface area contributed by atoms with Gasteiger partial charge in [0.1, 0.15) is 0 Å². The molecule has 114 valence electrons. The summed E-state index contributed by atoms with van der Waals surface area (Å²) >= 11 is 0. The molecular formula is C13H24N4O3. The molecular weight excluding hydrogens is 260 g/mol. The van der Waals surface area contributed by atoms with Crippen LogP contribution in [0.1, 0.15) is 20.3 Å². The molecule has 2 rings (SSSR count). The third-order valence-corrected chi connectivity index (χ3v) is 4.41. The van der Waals surface area contributed by atoms with Gasteiger partial charge in [0.15, 0.2) is 5.84 Å². The summed E-state index contributed by atoms with van der Waals surface area (Å²) < 4.78 is 5.46. The molecule has 2 saturated heterocycles. The summed E-state index contributed by atoms with van der Waals surface area (Å²) in [5.41, 5.74) is 5.62. The highest BCUT2D eigenvalue weighted by molar-refractivity contribution is 5.85. The molecule has 0 spiro atoms. The van der Waals surface area contributed by atoms with Gasteiger partial charge in [-0.15, -0.1) is 0 Å². The van der Waals surface area contributed by atoms with Crippen LogP contribution < -0.4 is 5.73 Å². The average Bonchev–Trinajstić information content (AvgIpc) is 2.91. The first-order valence-corrected chi connectivity index (χ1v) is 7.16. The van der Waals surface area contributed by atoms with Crippen LogP contribution in [0.3, 0.4) is 0 Å². The molecule has 2 fully saturated rings. The molecule has 0 bridgehead atoms. The first kappa shape index (κ1) is 15.1. The smallest absolute Gasteiger partial charge is 0.228 e. The van der Waals surface area contributed by atoms with Crippen molar-refractivity contribution in [3.8, 4) is 0 Å². The Kier molecular flexibility index (Phi) is 4.82. The van der Waals surface area contributed by atoms with E-state index < -0.39 is 0 Å². The van der Waals surface area contributed by atoms with Crippen molar-refractivity contribution in [3.63, 3.8) is 0 Å². The van der Waals surface area contributed by atoms with E-state index in [4.69, 9.17) is 15.7 Å². The minimum atomic E-state index is -0.106. The molecule has 0 aromatic heterocycles. The van der Waals surface area contributed by atoms with Crippen molar-refractivity contribution >= 4 is 11.7 Å². The van der Waals surface area contributed by atoms with Gasteiger partial charge in [-0.1, -0.05) is 5.16 Å². The predicted octanol–water partition coefficient (Wildman–Crippen LogP) is -0.309. The molecule has 0 aromatic carbocycles. The van der Waals surface area contributed by atoms with E-state index in [1.54, 1.807) is 0 Å². The van der Waals surface area contributed by atoms with Crippen LogP contribution in [0.15, 0.2) is 5.16 Å². The first-order valence-electron chi connectivity index (χ1n) is 7.16. The SMILES string of the molecule is CC1OCCC1C(=O)N1CCN(C(C)C(N)=NO)CC1. The number of amidine groups is 1. The molecule has 0 saturated carbocycles. The van der Waals surface area contributed by atoms with Gasteiger partial charge in [-0.25, -0.2) is 0 Å². The van der Waals surface area contributed by atoms with Crippen molar-refractivity contribution in [2.24, 2.45) is 16.8 Å². The van der Waals surface area contributed by atoms with Gasteiger partial charge in [0.05, 0.1) is 18.1 Å². The molecule has 0 aromatic rings. The lowest BCUT2D eigenvalue weighted by molar-refractivity contribution is -0.138.